The normalized spacial score (nSPS) is 12.6. The van der Waals surface area contributed by atoms with Crippen LogP contribution in [0.2, 0.25) is 0 Å². The maximum absolute atomic E-state index is 13.2. The molecule has 3 aromatic rings. The highest BCUT2D eigenvalue weighted by atomic mass is 32.2. The number of anilines is 1. The standard InChI is InChI=1S/C23H26N2O4S/c1-22(2,3)19-15-20(25-29-19)24-21(26)23(4,5)30(27,28)18-13-11-17(12-14-18)16-9-7-6-8-10-16/h6-15H,1-5H3,(H,24,25,26). The summed E-state index contributed by atoms with van der Waals surface area (Å²) >= 11 is 0. The SMILES string of the molecule is CC(C)(C)c1cc(NC(=O)C(C)(C)S(=O)(=O)c2ccc(-c3ccccc3)cc2)no1. The molecule has 30 heavy (non-hydrogen) atoms. The molecule has 0 fully saturated rings. The Morgan fingerprint density at radius 3 is 2.00 bits per heavy atom. The summed E-state index contributed by atoms with van der Waals surface area (Å²) in [4.78, 5) is 12.9. The van der Waals surface area contributed by atoms with Crippen LogP contribution in [-0.4, -0.2) is 24.2 Å². The van der Waals surface area contributed by atoms with Gasteiger partial charge in [-0.15, -0.1) is 0 Å². The van der Waals surface area contributed by atoms with Crippen molar-refractivity contribution in [1.82, 2.24) is 5.16 Å². The van der Waals surface area contributed by atoms with Gasteiger partial charge < -0.3 is 9.84 Å². The summed E-state index contributed by atoms with van der Waals surface area (Å²) in [5.41, 5.74) is 1.60. The van der Waals surface area contributed by atoms with Crippen LogP contribution >= 0.6 is 0 Å². The van der Waals surface area contributed by atoms with Crippen molar-refractivity contribution < 1.29 is 17.7 Å². The molecule has 0 atom stereocenters. The van der Waals surface area contributed by atoms with Crippen molar-refractivity contribution >= 4 is 21.6 Å². The number of carbonyl (C=O) groups is 1. The Balaban J connectivity index is 1.83. The number of aromatic nitrogens is 1. The van der Waals surface area contributed by atoms with Crippen molar-refractivity contribution in [2.45, 2.75) is 49.7 Å². The van der Waals surface area contributed by atoms with E-state index in [1.807, 2.05) is 51.1 Å². The van der Waals surface area contributed by atoms with Crippen molar-refractivity contribution in [1.29, 1.82) is 0 Å². The Morgan fingerprint density at radius 2 is 1.47 bits per heavy atom. The lowest BCUT2D eigenvalue weighted by Crippen LogP contribution is -2.44. The molecule has 0 spiro atoms. The molecular formula is C23H26N2O4S. The number of benzene rings is 2. The monoisotopic (exact) mass is 426 g/mol. The minimum Gasteiger partial charge on any atom is -0.359 e. The van der Waals surface area contributed by atoms with Gasteiger partial charge in [0.15, 0.2) is 15.7 Å². The molecule has 6 nitrogen and oxygen atoms in total. The first-order valence-corrected chi connectivity index (χ1v) is 11.1. The maximum Gasteiger partial charge on any atom is 0.246 e. The largest absolute Gasteiger partial charge is 0.359 e. The van der Waals surface area contributed by atoms with Gasteiger partial charge in [-0.3, -0.25) is 4.79 Å². The van der Waals surface area contributed by atoms with Crippen molar-refractivity contribution in [3.63, 3.8) is 0 Å². The first-order valence-electron chi connectivity index (χ1n) is 9.62. The second kappa shape index (κ2) is 7.72. The van der Waals surface area contributed by atoms with Gasteiger partial charge >= 0.3 is 0 Å². The number of hydrogen-bond acceptors (Lipinski definition) is 5. The number of nitrogens with zero attached hydrogens (tertiary/aromatic N) is 1. The zero-order valence-electron chi connectivity index (χ0n) is 17.8. The Labute approximate surface area is 177 Å². The quantitative estimate of drug-likeness (QED) is 0.631. The summed E-state index contributed by atoms with van der Waals surface area (Å²) < 4.78 is 29.9. The van der Waals surface area contributed by atoms with Crippen molar-refractivity contribution in [2.24, 2.45) is 0 Å². The summed E-state index contributed by atoms with van der Waals surface area (Å²) in [7, 11) is -3.95. The lowest BCUT2D eigenvalue weighted by molar-refractivity contribution is -0.117. The molecule has 2 aromatic carbocycles. The molecule has 0 aliphatic rings. The number of sulfone groups is 1. The van der Waals surface area contributed by atoms with Gasteiger partial charge in [-0.25, -0.2) is 8.42 Å². The number of rotatable bonds is 5. The van der Waals surface area contributed by atoms with E-state index >= 15 is 0 Å². The molecule has 0 radical (unpaired) electrons. The number of amides is 1. The Hall–Kier alpha value is -2.93. The average molecular weight is 427 g/mol. The van der Waals surface area contributed by atoms with Crippen LogP contribution in [0.4, 0.5) is 5.82 Å². The lowest BCUT2D eigenvalue weighted by atomic mass is 9.93. The van der Waals surface area contributed by atoms with Gasteiger partial charge in [0, 0.05) is 11.5 Å². The zero-order chi connectivity index (χ0) is 22.2. The molecule has 0 saturated carbocycles. The van der Waals surface area contributed by atoms with E-state index < -0.39 is 20.5 Å². The van der Waals surface area contributed by atoms with E-state index in [-0.39, 0.29) is 16.1 Å². The highest BCUT2D eigenvalue weighted by Crippen LogP contribution is 2.30. The van der Waals surface area contributed by atoms with Gasteiger partial charge in [-0.1, -0.05) is 68.4 Å². The van der Waals surface area contributed by atoms with Crippen LogP contribution in [0.25, 0.3) is 11.1 Å². The van der Waals surface area contributed by atoms with E-state index in [1.165, 1.54) is 26.0 Å². The number of nitrogens with one attached hydrogen (secondary N) is 1. The highest BCUT2D eigenvalue weighted by molar-refractivity contribution is 7.93. The predicted octanol–water partition coefficient (Wildman–Crippen LogP) is 4.83. The van der Waals surface area contributed by atoms with E-state index in [9.17, 15) is 13.2 Å². The molecule has 0 aliphatic heterocycles. The van der Waals surface area contributed by atoms with Gasteiger partial charge in [-0.2, -0.15) is 0 Å². The fourth-order valence-corrected chi connectivity index (χ4v) is 4.21. The molecule has 1 aromatic heterocycles. The van der Waals surface area contributed by atoms with Crippen molar-refractivity contribution in [3.8, 4) is 11.1 Å². The van der Waals surface area contributed by atoms with E-state index in [0.29, 0.717) is 5.76 Å². The average Bonchev–Trinajstić information content (AvgIpc) is 3.17. The van der Waals surface area contributed by atoms with Crippen LogP contribution < -0.4 is 5.32 Å². The Bertz CT molecular complexity index is 1140. The third-order valence-electron chi connectivity index (χ3n) is 4.98. The maximum atomic E-state index is 13.2. The molecule has 0 saturated heterocycles. The summed E-state index contributed by atoms with van der Waals surface area (Å²) in [5, 5.41) is 6.40. The first-order chi connectivity index (χ1) is 13.9. The van der Waals surface area contributed by atoms with E-state index in [2.05, 4.69) is 10.5 Å². The highest BCUT2D eigenvalue weighted by Gasteiger charge is 2.43. The van der Waals surface area contributed by atoms with Crippen LogP contribution in [0.1, 0.15) is 40.4 Å². The minimum absolute atomic E-state index is 0.0814. The van der Waals surface area contributed by atoms with Gasteiger partial charge in [-0.05, 0) is 37.1 Å². The van der Waals surface area contributed by atoms with E-state index in [1.54, 1.807) is 18.2 Å². The molecule has 3 rings (SSSR count). The van der Waals surface area contributed by atoms with Crippen molar-refractivity contribution in [2.75, 3.05) is 5.32 Å². The third-order valence-corrected chi connectivity index (χ3v) is 7.40. The second-order valence-corrected chi connectivity index (χ2v) is 11.2. The molecule has 158 valence electrons. The van der Waals surface area contributed by atoms with Crippen LogP contribution in [0, 0.1) is 0 Å². The molecule has 1 heterocycles. The number of carbonyl (C=O) groups excluding carboxylic acids is 1. The zero-order valence-corrected chi connectivity index (χ0v) is 18.6. The molecular weight excluding hydrogens is 400 g/mol. The van der Waals surface area contributed by atoms with Crippen LogP contribution in [0.15, 0.2) is 70.1 Å². The van der Waals surface area contributed by atoms with E-state index in [0.717, 1.165) is 11.1 Å². The summed E-state index contributed by atoms with van der Waals surface area (Å²) in [6.45, 7) is 8.62. The lowest BCUT2D eigenvalue weighted by Gasteiger charge is -2.23. The van der Waals surface area contributed by atoms with Gasteiger partial charge in [0.05, 0.1) is 4.90 Å². The molecule has 0 aliphatic carbocycles. The van der Waals surface area contributed by atoms with Gasteiger partial charge in [0.25, 0.3) is 0 Å². The first kappa shape index (κ1) is 21.8. The van der Waals surface area contributed by atoms with Crippen LogP contribution in [-0.2, 0) is 20.0 Å². The van der Waals surface area contributed by atoms with Gasteiger partial charge in [0.2, 0.25) is 5.91 Å². The molecule has 1 N–H and O–H groups in total. The summed E-state index contributed by atoms with van der Waals surface area (Å²) in [6, 6.07) is 17.8. The fraction of sp³-hybridized carbons (Fsp3) is 0.304. The minimum atomic E-state index is -3.95. The Morgan fingerprint density at radius 1 is 0.900 bits per heavy atom. The van der Waals surface area contributed by atoms with Gasteiger partial charge in [0.1, 0.15) is 10.5 Å². The van der Waals surface area contributed by atoms with Crippen LogP contribution in [0.3, 0.4) is 0 Å². The topological polar surface area (TPSA) is 89.3 Å². The smallest absolute Gasteiger partial charge is 0.246 e. The number of hydrogen-bond donors (Lipinski definition) is 1. The second-order valence-electron chi connectivity index (χ2n) is 8.68. The fourth-order valence-electron chi connectivity index (χ4n) is 2.83. The summed E-state index contributed by atoms with van der Waals surface area (Å²) in [6.07, 6.45) is 0. The molecule has 7 heteroatoms. The Kier molecular flexibility index (Phi) is 5.60. The molecule has 1 amide bonds. The molecule has 0 unspecified atom stereocenters. The van der Waals surface area contributed by atoms with E-state index in [4.69, 9.17) is 4.52 Å². The molecule has 0 bridgehead atoms. The van der Waals surface area contributed by atoms with Crippen molar-refractivity contribution in [3.05, 3.63) is 66.4 Å². The van der Waals surface area contributed by atoms with Crippen LogP contribution in [0.5, 0.6) is 0 Å². The summed E-state index contributed by atoms with van der Waals surface area (Å²) in [5.74, 6) is 0.103. The predicted molar refractivity (Wildman–Crippen MR) is 117 cm³/mol. The third kappa shape index (κ3) is 4.16.